The van der Waals surface area contributed by atoms with Gasteiger partial charge in [0.25, 0.3) is 0 Å². The fourth-order valence-corrected chi connectivity index (χ4v) is 1.99. The number of phenolic OH excluding ortho intramolecular Hbond substituents is 1. The van der Waals surface area contributed by atoms with Gasteiger partial charge in [-0.25, -0.2) is 0 Å². The number of benzene rings is 2. The Bertz CT molecular complexity index is 600. The second kappa shape index (κ2) is 4.69. The van der Waals surface area contributed by atoms with Crippen LogP contribution >= 0.6 is 0 Å². The lowest BCUT2D eigenvalue weighted by Gasteiger charge is -2.12. The molecule has 94 valence electrons. The summed E-state index contributed by atoms with van der Waals surface area (Å²) in [4.78, 5) is 12.1. The lowest BCUT2D eigenvalue weighted by molar-refractivity contribution is 0.0936. The Kier molecular flexibility index (Phi) is 3.24. The third kappa shape index (κ3) is 1.92. The smallest absolute Gasteiger partial charge is 0.169 e. The molecule has 2 aromatic carbocycles. The highest BCUT2D eigenvalue weighted by atomic mass is 16.5. The molecule has 0 aliphatic carbocycles. The Balaban J connectivity index is 2.77. The molecule has 0 amide bonds. The van der Waals surface area contributed by atoms with Crippen molar-refractivity contribution in [3.05, 3.63) is 35.9 Å². The van der Waals surface area contributed by atoms with Gasteiger partial charge in [-0.1, -0.05) is 38.1 Å². The molecule has 18 heavy (non-hydrogen) atoms. The molecule has 0 saturated carbocycles. The second-order valence-corrected chi connectivity index (χ2v) is 4.54. The van der Waals surface area contributed by atoms with Crippen molar-refractivity contribution < 1.29 is 14.6 Å². The van der Waals surface area contributed by atoms with Crippen LogP contribution in [0.25, 0.3) is 10.8 Å². The van der Waals surface area contributed by atoms with Crippen molar-refractivity contribution in [2.24, 2.45) is 5.92 Å². The average molecular weight is 244 g/mol. The van der Waals surface area contributed by atoms with E-state index in [0.29, 0.717) is 16.7 Å². The van der Waals surface area contributed by atoms with Crippen LogP contribution in [0.2, 0.25) is 0 Å². The highest BCUT2D eigenvalue weighted by Gasteiger charge is 2.19. The summed E-state index contributed by atoms with van der Waals surface area (Å²) in [5.74, 6) is 0.385. The topological polar surface area (TPSA) is 46.5 Å². The number of ether oxygens (including phenoxy) is 1. The van der Waals surface area contributed by atoms with E-state index in [1.807, 2.05) is 32.0 Å². The van der Waals surface area contributed by atoms with E-state index in [1.54, 1.807) is 19.2 Å². The van der Waals surface area contributed by atoms with Crippen LogP contribution in [0.4, 0.5) is 0 Å². The molecule has 0 unspecified atom stereocenters. The molecule has 0 heterocycles. The van der Waals surface area contributed by atoms with Crippen molar-refractivity contribution in [2.75, 3.05) is 7.11 Å². The quantitative estimate of drug-likeness (QED) is 0.842. The lowest BCUT2D eigenvalue weighted by Crippen LogP contribution is -2.08. The first kappa shape index (κ1) is 12.4. The molecule has 0 aliphatic heterocycles. The number of carbonyl (C=O) groups excluding carboxylic acids is 1. The fraction of sp³-hybridized carbons (Fsp3) is 0.267. The number of ketones is 1. The molecule has 0 aromatic heterocycles. The van der Waals surface area contributed by atoms with Crippen molar-refractivity contribution in [3.63, 3.8) is 0 Å². The molecule has 3 nitrogen and oxygen atoms in total. The predicted molar refractivity (Wildman–Crippen MR) is 71.3 cm³/mol. The van der Waals surface area contributed by atoms with Gasteiger partial charge in [0.15, 0.2) is 5.78 Å². The first-order chi connectivity index (χ1) is 8.56. The zero-order valence-electron chi connectivity index (χ0n) is 10.7. The van der Waals surface area contributed by atoms with Crippen LogP contribution in [0.15, 0.2) is 30.3 Å². The molecule has 0 radical (unpaired) electrons. The second-order valence-electron chi connectivity index (χ2n) is 4.54. The maximum absolute atomic E-state index is 12.1. The van der Waals surface area contributed by atoms with Crippen LogP contribution in [0.3, 0.4) is 0 Å². The molecular weight excluding hydrogens is 228 g/mol. The van der Waals surface area contributed by atoms with E-state index in [-0.39, 0.29) is 17.5 Å². The Hall–Kier alpha value is -2.03. The number of aromatic hydroxyl groups is 1. The zero-order valence-corrected chi connectivity index (χ0v) is 10.7. The maximum atomic E-state index is 12.1. The number of Topliss-reactive ketones (excluding diaryl/α,β-unsaturated/α-hetero) is 1. The molecule has 3 heteroatoms. The molecule has 1 N–H and O–H groups in total. The molecule has 0 saturated heterocycles. The Morgan fingerprint density at radius 2 is 1.83 bits per heavy atom. The minimum absolute atomic E-state index is 0.0325. The van der Waals surface area contributed by atoms with Crippen molar-refractivity contribution >= 4 is 16.6 Å². The standard InChI is InChI=1S/C15H16O3/c1-9(2)14(16)12-8-13(18-3)10-6-4-5-7-11(10)15(12)17/h4-9,17H,1-3H3. The first-order valence-electron chi connectivity index (χ1n) is 5.89. The number of hydrogen-bond donors (Lipinski definition) is 1. The van der Waals surface area contributed by atoms with E-state index >= 15 is 0 Å². The van der Waals surface area contributed by atoms with E-state index < -0.39 is 0 Å². The molecule has 0 bridgehead atoms. The third-order valence-corrected chi connectivity index (χ3v) is 2.99. The summed E-state index contributed by atoms with van der Waals surface area (Å²) in [6.45, 7) is 3.62. The van der Waals surface area contributed by atoms with Crippen molar-refractivity contribution in [1.29, 1.82) is 0 Å². The fourth-order valence-electron chi connectivity index (χ4n) is 1.99. The van der Waals surface area contributed by atoms with Gasteiger partial charge in [0, 0.05) is 16.7 Å². The first-order valence-corrected chi connectivity index (χ1v) is 5.89. The lowest BCUT2D eigenvalue weighted by atomic mass is 9.96. The normalized spacial score (nSPS) is 10.9. The third-order valence-electron chi connectivity index (χ3n) is 2.99. The van der Waals surface area contributed by atoms with Gasteiger partial charge in [-0.2, -0.15) is 0 Å². The van der Waals surface area contributed by atoms with E-state index in [1.165, 1.54) is 0 Å². The van der Waals surface area contributed by atoms with Crippen LogP contribution in [-0.2, 0) is 0 Å². The van der Waals surface area contributed by atoms with Crippen molar-refractivity contribution in [1.82, 2.24) is 0 Å². The maximum Gasteiger partial charge on any atom is 0.169 e. The van der Waals surface area contributed by atoms with Gasteiger partial charge in [0.05, 0.1) is 12.7 Å². The summed E-state index contributed by atoms with van der Waals surface area (Å²) in [6, 6.07) is 8.95. The summed E-state index contributed by atoms with van der Waals surface area (Å²) >= 11 is 0. The van der Waals surface area contributed by atoms with Crippen LogP contribution in [0.1, 0.15) is 24.2 Å². The minimum atomic E-state index is -0.165. The summed E-state index contributed by atoms with van der Waals surface area (Å²) in [5.41, 5.74) is 0.320. The van der Waals surface area contributed by atoms with Crippen LogP contribution in [0, 0.1) is 5.92 Å². The molecule has 0 spiro atoms. The van der Waals surface area contributed by atoms with E-state index in [2.05, 4.69) is 0 Å². The van der Waals surface area contributed by atoms with Gasteiger partial charge in [0.1, 0.15) is 11.5 Å². The van der Waals surface area contributed by atoms with Crippen LogP contribution in [-0.4, -0.2) is 18.0 Å². The van der Waals surface area contributed by atoms with Gasteiger partial charge >= 0.3 is 0 Å². The predicted octanol–water partition coefficient (Wildman–Crippen LogP) is 3.39. The molecule has 0 atom stereocenters. The number of rotatable bonds is 3. The molecule has 2 rings (SSSR count). The Labute approximate surface area is 106 Å². The van der Waals surface area contributed by atoms with E-state index in [0.717, 1.165) is 5.39 Å². The summed E-state index contributed by atoms with van der Waals surface area (Å²) in [6.07, 6.45) is 0. The average Bonchev–Trinajstić information content (AvgIpc) is 2.38. The highest BCUT2D eigenvalue weighted by molar-refractivity contribution is 6.07. The highest BCUT2D eigenvalue weighted by Crippen LogP contribution is 2.36. The summed E-state index contributed by atoms with van der Waals surface area (Å²) in [5, 5.41) is 11.7. The zero-order chi connectivity index (χ0) is 13.3. The van der Waals surface area contributed by atoms with Crippen LogP contribution < -0.4 is 4.74 Å². The molecule has 2 aromatic rings. The van der Waals surface area contributed by atoms with Gasteiger partial charge in [-0.05, 0) is 6.07 Å². The van der Waals surface area contributed by atoms with E-state index in [9.17, 15) is 9.90 Å². The SMILES string of the molecule is COc1cc(C(=O)C(C)C)c(O)c2ccccc12. The molecule has 0 aliphatic rings. The van der Waals surface area contributed by atoms with E-state index in [4.69, 9.17) is 4.74 Å². The summed E-state index contributed by atoms with van der Waals surface area (Å²) < 4.78 is 5.29. The Morgan fingerprint density at radius 3 is 2.39 bits per heavy atom. The molecular formula is C15H16O3. The number of phenols is 1. The van der Waals surface area contributed by atoms with Gasteiger partial charge < -0.3 is 9.84 Å². The minimum Gasteiger partial charge on any atom is -0.507 e. The van der Waals surface area contributed by atoms with Gasteiger partial charge in [-0.15, -0.1) is 0 Å². The Morgan fingerprint density at radius 1 is 1.22 bits per heavy atom. The van der Waals surface area contributed by atoms with Crippen molar-refractivity contribution in [3.8, 4) is 11.5 Å². The van der Waals surface area contributed by atoms with Gasteiger partial charge in [-0.3, -0.25) is 4.79 Å². The number of hydrogen-bond acceptors (Lipinski definition) is 3. The van der Waals surface area contributed by atoms with Crippen LogP contribution in [0.5, 0.6) is 11.5 Å². The van der Waals surface area contributed by atoms with Crippen molar-refractivity contribution in [2.45, 2.75) is 13.8 Å². The number of carbonyl (C=O) groups is 1. The molecule has 0 fully saturated rings. The summed E-state index contributed by atoms with van der Waals surface area (Å²) in [7, 11) is 1.56. The number of methoxy groups -OCH3 is 1. The number of fused-ring (bicyclic) bond motifs is 1. The monoisotopic (exact) mass is 244 g/mol. The largest absolute Gasteiger partial charge is 0.507 e. The van der Waals surface area contributed by atoms with Gasteiger partial charge in [0.2, 0.25) is 0 Å².